The third-order valence-corrected chi connectivity index (χ3v) is 3.43. The number of halogens is 1. The van der Waals surface area contributed by atoms with E-state index in [2.05, 4.69) is 5.10 Å². The Morgan fingerprint density at radius 3 is 2.71 bits per heavy atom. The summed E-state index contributed by atoms with van der Waals surface area (Å²) in [6.45, 7) is 2.41. The molecule has 2 aromatic carbocycles. The van der Waals surface area contributed by atoms with E-state index in [4.69, 9.17) is 16.3 Å². The molecule has 0 bridgehead atoms. The van der Waals surface area contributed by atoms with Crippen molar-refractivity contribution >= 4 is 11.6 Å². The number of nitrogens with zero attached hydrogens (tertiary/aromatic N) is 2. The van der Waals surface area contributed by atoms with Crippen molar-refractivity contribution in [3.05, 3.63) is 77.1 Å². The van der Waals surface area contributed by atoms with E-state index in [0.29, 0.717) is 11.6 Å². The van der Waals surface area contributed by atoms with E-state index in [9.17, 15) is 0 Å². The number of ether oxygens (including phenoxy) is 1. The normalized spacial score (nSPS) is 10.6. The third-order valence-electron chi connectivity index (χ3n) is 3.19. The highest BCUT2D eigenvalue weighted by atomic mass is 35.5. The first kappa shape index (κ1) is 13.7. The van der Waals surface area contributed by atoms with Gasteiger partial charge in [-0.3, -0.25) is 0 Å². The Labute approximate surface area is 128 Å². The first-order valence-corrected chi connectivity index (χ1v) is 7.09. The summed E-state index contributed by atoms with van der Waals surface area (Å²) in [5.41, 5.74) is 2.96. The number of para-hydroxylation sites is 1. The van der Waals surface area contributed by atoms with Crippen LogP contribution in [0.4, 0.5) is 0 Å². The van der Waals surface area contributed by atoms with Crippen LogP contribution in [0.15, 0.2) is 60.8 Å². The van der Waals surface area contributed by atoms with Gasteiger partial charge in [0.2, 0.25) is 0 Å². The molecule has 0 saturated carbocycles. The average Bonchev–Trinajstić information content (AvgIpc) is 2.98. The maximum absolute atomic E-state index is 5.98. The second kappa shape index (κ2) is 6.02. The van der Waals surface area contributed by atoms with Crippen molar-refractivity contribution < 1.29 is 4.74 Å². The van der Waals surface area contributed by atoms with Crippen molar-refractivity contribution in [3.8, 4) is 11.4 Å². The zero-order chi connectivity index (χ0) is 14.7. The quantitative estimate of drug-likeness (QED) is 0.713. The lowest BCUT2D eigenvalue weighted by atomic mass is 10.2. The van der Waals surface area contributed by atoms with E-state index >= 15 is 0 Å². The van der Waals surface area contributed by atoms with Crippen LogP contribution >= 0.6 is 11.6 Å². The SMILES string of the molecule is Cc1ccc(Cl)cc1OCc1ccn(-c2ccccc2)n1. The second-order valence-corrected chi connectivity index (χ2v) is 5.22. The summed E-state index contributed by atoms with van der Waals surface area (Å²) in [6, 6.07) is 17.6. The second-order valence-electron chi connectivity index (χ2n) is 4.79. The summed E-state index contributed by atoms with van der Waals surface area (Å²) in [5, 5.41) is 5.18. The van der Waals surface area contributed by atoms with E-state index < -0.39 is 0 Å². The smallest absolute Gasteiger partial charge is 0.132 e. The summed E-state index contributed by atoms with van der Waals surface area (Å²) < 4.78 is 7.63. The van der Waals surface area contributed by atoms with Crippen LogP contribution in [-0.2, 0) is 6.61 Å². The minimum absolute atomic E-state index is 0.418. The van der Waals surface area contributed by atoms with Crippen molar-refractivity contribution in [1.82, 2.24) is 9.78 Å². The van der Waals surface area contributed by atoms with Crippen LogP contribution < -0.4 is 4.74 Å². The molecule has 0 aliphatic heterocycles. The number of hydrogen-bond acceptors (Lipinski definition) is 2. The summed E-state index contributed by atoms with van der Waals surface area (Å²) in [4.78, 5) is 0. The molecule has 0 radical (unpaired) electrons. The standard InChI is InChI=1S/C17H15ClN2O/c1-13-7-8-14(18)11-17(13)21-12-15-9-10-20(19-15)16-5-3-2-4-6-16/h2-11H,12H2,1H3. The highest BCUT2D eigenvalue weighted by Gasteiger charge is 2.04. The Kier molecular flexibility index (Phi) is 3.93. The molecule has 1 heterocycles. The first-order chi connectivity index (χ1) is 10.2. The van der Waals surface area contributed by atoms with Gasteiger partial charge in [-0.05, 0) is 42.8 Å². The highest BCUT2D eigenvalue weighted by molar-refractivity contribution is 6.30. The van der Waals surface area contributed by atoms with E-state index in [0.717, 1.165) is 22.7 Å². The van der Waals surface area contributed by atoms with E-state index in [1.54, 1.807) is 0 Å². The van der Waals surface area contributed by atoms with Crippen LogP contribution in [0.3, 0.4) is 0 Å². The van der Waals surface area contributed by atoms with Gasteiger partial charge in [0.25, 0.3) is 0 Å². The summed E-state index contributed by atoms with van der Waals surface area (Å²) in [7, 11) is 0. The molecule has 0 amide bonds. The number of aryl methyl sites for hydroxylation is 1. The van der Waals surface area contributed by atoms with Crippen molar-refractivity contribution in [2.24, 2.45) is 0 Å². The third kappa shape index (κ3) is 3.26. The monoisotopic (exact) mass is 298 g/mol. The molecule has 3 aromatic rings. The molecule has 0 aliphatic carbocycles. The molecule has 1 aromatic heterocycles. The lowest BCUT2D eigenvalue weighted by Gasteiger charge is -2.08. The van der Waals surface area contributed by atoms with Gasteiger partial charge in [-0.25, -0.2) is 4.68 Å². The molecule has 0 saturated heterocycles. The predicted octanol–water partition coefficient (Wildman–Crippen LogP) is 4.41. The molecule has 3 nitrogen and oxygen atoms in total. The Hall–Kier alpha value is -2.26. The summed E-state index contributed by atoms with van der Waals surface area (Å²) in [5.74, 6) is 0.789. The maximum atomic E-state index is 5.98. The van der Waals surface area contributed by atoms with Crippen LogP contribution in [0.1, 0.15) is 11.3 Å². The number of aromatic nitrogens is 2. The topological polar surface area (TPSA) is 27.1 Å². The van der Waals surface area contributed by atoms with Crippen molar-refractivity contribution in [2.45, 2.75) is 13.5 Å². The largest absolute Gasteiger partial charge is 0.487 e. The van der Waals surface area contributed by atoms with Crippen LogP contribution in [0.25, 0.3) is 5.69 Å². The van der Waals surface area contributed by atoms with Gasteiger partial charge in [-0.2, -0.15) is 5.10 Å². The lowest BCUT2D eigenvalue weighted by molar-refractivity contribution is 0.298. The lowest BCUT2D eigenvalue weighted by Crippen LogP contribution is -2.00. The fourth-order valence-corrected chi connectivity index (χ4v) is 2.21. The van der Waals surface area contributed by atoms with Gasteiger partial charge in [0.05, 0.1) is 5.69 Å². The maximum Gasteiger partial charge on any atom is 0.132 e. The molecule has 0 aliphatic rings. The zero-order valence-corrected chi connectivity index (χ0v) is 12.4. The van der Waals surface area contributed by atoms with Crippen molar-refractivity contribution in [1.29, 1.82) is 0 Å². The first-order valence-electron chi connectivity index (χ1n) is 6.71. The number of hydrogen-bond donors (Lipinski definition) is 0. The minimum atomic E-state index is 0.418. The van der Waals surface area contributed by atoms with Crippen molar-refractivity contribution in [2.75, 3.05) is 0 Å². The molecule has 0 atom stereocenters. The van der Waals surface area contributed by atoms with Gasteiger partial charge in [-0.1, -0.05) is 35.9 Å². The molecule has 0 fully saturated rings. The Morgan fingerprint density at radius 2 is 1.90 bits per heavy atom. The summed E-state index contributed by atoms with van der Waals surface area (Å²) in [6.07, 6.45) is 1.93. The van der Waals surface area contributed by atoms with E-state index in [1.165, 1.54) is 0 Å². The molecule has 0 unspecified atom stereocenters. The van der Waals surface area contributed by atoms with Crippen LogP contribution in [0.5, 0.6) is 5.75 Å². The Bertz CT molecular complexity index is 738. The molecule has 0 N–H and O–H groups in total. The Morgan fingerprint density at radius 1 is 1.10 bits per heavy atom. The average molecular weight is 299 g/mol. The molecule has 3 rings (SSSR count). The van der Waals surface area contributed by atoms with Gasteiger partial charge < -0.3 is 4.74 Å². The molecular formula is C17H15ClN2O. The fraction of sp³-hybridized carbons (Fsp3) is 0.118. The van der Waals surface area contributed by atoms with Gasteiger partial charge in [0.1, 0.15) is 18.1 Å². The Balaban J connectivity index is 1.72. The van der Waals surface area contributed by atoms with E-state index in [-0.39, 0.29) is 0 Å². The summed E-state index contributed by atoms with van der Waals surface area (Å²) >= 11 is 5.98. The molecular weight excluding hydrogens is 284 g/mol. The van der Waals surface area contributed by atoms with Gasteiger partial charge in [0.15, 0.2) is 0 Å². The predicted molar refractivity (Wildman–Crippen MR) is 84.1 cm³/mol. The number of benzene rings is 2. The number of rotatable bonds is 4. The molecule has 106 valence electrons. The highest BCUT2D eigenvalue weighted by Crippen LogP contribution is 2.23. The molecule has 21 heavy (non-hydrogen) atoms. The van der Waals surface area contributed by atoms with Crippen LogP contribution in [-0.4, -0.2) is 9.78 Å². The molecule has 0 spiro atoms. The molecule has 4 heteroatoms. The minimum Gasteiger partial charge on any atom is -0.487 e. The van der Waals surface area contributed by atoms with Gasteiger partial charge in [-0.15, -0.1) is 0 Å². The zero-order valence-electron chi connectivity index (χ0n) is 11.7. The fourth-order valence-electron chi connectivity index (χ4n) is 2.04. The van der Waals surface area contributed by atoms with Crippen LogP contribution in [0.2, 0.25) is 5.02 Å². The van der Waals surface area contributed by atoms with Crippen LogP contribution in [0, 0.1) is 6.92 Å². The van der Waals surface area contributed by atoms with E-state index in [1.807, 2.05) is 72.4 Å². The van der Waals surface area contributed by atoms with Gasteiger partial charge >= 0.3 is 0 Å². The van der Waals surface area contributed by atoms with Gasteiger partial charge in [0, 0.05) is 11.2 Å². The van der Waals surface area contributed by atoms with Crippen molar-refractivity contribution in [3.63, 3.8) is 0 Å².